The lowest BCUT2D eigenvalue weighted by atomic mass is 10.1. The topological polar surface area (TPSA) is 43.9 Å². The van der Waals surface area contributed by atoms with Gasteiger partial charge in [-0.25, -0.2) is 14.4 Å². The molecule has 7 rings (SSSR count). The molecule has 0 aliphatic carbocycles. The molecule has 0 aliphatic heterocycles. The molecule has 0 atom stereocenters. The first-order chi connectivity index (χ1) is 16.3. The minimum Gasteiger partial charge on any atom is -0.455 e. The van der Waals surface area contributed by atoms with Crippen LogP contribution in [-0.2, 0) is 0 Å². The molecular formula is C28H16FN3O. The van der Waals surface area contributed by atoms with Gasteiger partial charge in [-0.15, -0.1) is 0 Å². The van der Waals surface area contributed by atoms with Crippen LogP contribution in [0.4, 0.5) is 4.39 Å². The summed E-state index contributed by atoms with van der Waals surface area (Å²) in [5, 5.41) is 3.29. The average Bonchev–Trinajstić information content (AvgIpc) is 3.44. The van der Waals surface area contributed by atoms with Gasteiger partial charge in [0, 0.05) is 28.0 Å². The number of furan rings is 1. The summed E-state index contributed by atoms with van der Waals surface area (Å²) in [6, 6.07) is 28.9. The van der Waals surface area contributed by atoms with E-state index in [4.69, 9.17) is 9.40 Å². The Morgan fingerprint density at radius 1 is 0.758 bits per heavy atom. The third kappa shape index (κ3) is 2.56. The number of rotatable bonds is 2. The first-order valence-electron chi connectivity index (χ1n) is 10.7. The van der Waals surface area contributed by atoms with Crippen molar-refractivity contribution in [2.75, 3.05) is 0 Å². The summed E-state index contributed by atoms with van der Waals surface area (Å²) in [7, 11) is 0. The molecule has 0 radical (unpaired) electrons. The molecule has 7 aromatic rings. The van der Waals surface area contributed by atoms with Gasteiger partial charge in [-0.3, -0.25) is 4.57 Å². The summed E-state index contributed by atoms with van der Waals surface area (Å²) in [4.78, 5) is 9.57. The van der Waals surface area contributed by atoms with Crippen molar-refractivity contribution >= 4 is 43.9 Å². The Morgan fingerprint density at radius 3 is 2.39 bits per heavy atom. The summed E-state index contributed by atoms with van der Waals surface area (Å²) in [5.74, 6) is 0.341. The average molecular weight is 429 g/mol. The normalized spacial score (nSPS) is 11.8. The minimum atomic E-state index is -0.315. The van der Waals surface area contributed by atoms with E-state index < -0.39 is 0 Å². The molecule has 0 N–H and O–H groups in total. The molecule has 4 aromatic carbocycles. The van der Waals surface area contributed by atoms with Gasteiger partial charge in [0.05, 0.1) is 10.9 Å². The van der Waals surface area contributed by atoms with Gasteiger partial charge in [0.2, 0.25) is 0 Å². The second-order valence-corrected chi connectivity index (χ2v) is 8.02. The van der Waals surface area contributed by atoms with Crippen LogP contribution in [0.25, 0.3) is 61.0 Å². The number of halogens is 1. The van der Waals surface area contributed by atoms with Crippen LogP contribution < -0.4 is 0 Å². The van der Waals surface area contributed by atoms with E-state index in [2.05, 4.69) is 15.6 Å². The van der Waals surface area contributed by atoms with Crippen LogP contribution in [0.5, 0.6) is 0 Å². The SMILES string of the molecule is Fc1ccc(-c2nc3ncc4ccccc4c3n2-c2ccccc2)c2oc3ccccc3c12. The van der Waals surface area contributed by atoms with E-state index >= 15 is 0 Å². The number of fused-ring (bicyclic) bond motifs is 6. The van der Waals surface area contributed by atoms with Crippen molar-refractivity contribution in [2.45, 2.75) is 0 Å². The fourth-order valence-corrected chi connectivity index (χ4v) is 4.67. The van der Waals surface area contributed by atoms with Crippen LogP contribution in [0.2, 0.25) is 0 Å². The Labute approximate surface area is 187 Å². The van der Waals surface area contributed by atoms with Crippen LogP contribution in [-0.4, -0.2) is 14.5 Å². The first-order valence-corrected chi connectivity index (χ1v) is 10.7. The van der Waals surface area contributed by atoms with Crippen molar-refractivity contribution in [3.63, 3.8) is 0 Å². The number of pyridine rings is 1. The Bertz CT molecular complexity index is 1830. The highest BCUT2D eigenvalue weighted by atomic mass is 19.1. The molecule has 4 nitrogen and oxygen atoms in total. The highest BCUT2D eigenvalue weighted by Gasteiger charge is 2.23. The number of nitrogens with zero attached hydrogens (tertiary/aromatic N) is 3. The van der Waals surface area contributed by atoms with E-state index in [-0.39, 0.29) is 5.82 Å². The second kappa shape index (κ2) is 6.74. The van der Waals surface area contributed by atoms with Crippen molar-refractivity contribution in [3.05, 3.63) is 103 Å². The maximum absolute atomic E-state index is 15.0. The summed E-state index contributed by atoms with van der Waals surface area (Å²) in [6.07, 6.45) is 1.84. The molecule has 3 aromatic heterocycles. The van der Waals surface area contributed by atoms with Gasteiger partial charge in [0.1, 0.15) is 22.5 Å². The molecule has 156 valence electrons. The van der Waals surface area contributed by atoms with Gasteiger partial charge in [-0.1, -0.05) is 60.7 Å². The Hall–Kier alpha value is -4.51. The summed E-state index contributed by atoms with van der Waals surface area (Å²) in [6.45, 7) is 0. The molecule has 0 bridgehead atoms. The first kappa shape index (κ1) is 18.1. The summed E-state index contributed by atoms with van der Waals surface area (Å²) < 4.78 is 23.2. The Balaban J connectivity index is 1.67. The molecule has 0 saturated carbocycles. The largest absolute Gasteiger partial charge is 0.455 e. The van der Waals surface area contributed by atoms with E-state index in [1.54, 1.807) is 6.07 Å². The maximum Gasteiger partial charge on any atom is 0.179 e. The van der Waals surface area contributed by atoms with Gasteiger partial charge >= 0.3 is 0 Å². The van der Waals surface area contributed by atoms with Gasteiger partial charge in [-0.05, 0) is 30.3 Å². The molecule has 0 aliphatic rings. The predicted octanol–water partition coefficient (Wildman–Crippen LogP) is 7.28. The highest BCUT2D eigenvalue weighted by Crippen LogP contribution is 2.39. The minimum absolute atomic E-state index is 0.315. The van der Waals surface area contributed by atoms with E-state index in [0.29, 0.717) is 33.6 Å². The number of hydrogen-bond donors (Lipinski definition) is 0. The third-order valence-corrected chi connectivity index (χ3v) is 6.13. The molecule has 33 heavy (non-hydrogen) atoms. The number of hydrogen-bond acceptors (Lipinski definition) is 3. The smallest absolute Gasteiger partial charge is 0.179 e. The zero-order chi connectivity index (χ0) is 21.9. The predicted molar refractivity (Wildman–Crippen MR) is 129 cm³/mol. The van der Waals surface area contributed by atoms with E-state index in [1.165, 1.54) is 6.07 Å². The van der Waals surface area contributed by atoms with Crippen molar-refractivity contribution < 1.29 is 8.81 Å². The quantitative estimate of drug-likeness (QED) is 0.290. The fourth-order valence-electron chi connectivity index (χ4n) is 4.67. The summed E-state index contributed by atoms with van der Waals surface area (Å²) in [5.41, 5.74) is 4.32. The van der Waals surface area contributed by atoms with E-state index in [0.717, 1.165) is 27.4 Å². The number of imidazole rings is 1. The molecule has 0 saturated heterocycles. The van der Waals surface area contributed by atoms with Crippen molar-refractivity contribution in [1.82, 2.24) is 14.5 Å². The number of aromatic nitrogens is 3. The lowest BCUT2D eigenvalue weighted by Gasteiger charge is -2.11. The Kier molecular flexibility index (Phi) is 3.70. The van der Waals surface area contributed by atoms with Crippen LogP contribution in [0.3, 0.4) is 0 Å². The standard InChI is InChI=1S/C28H16FN3O/c29-22-15-14-21(26-24(22)20-12-6-7-13-23(20)33-26)28-31-27-25(32(28)18-9-2-1-3-10-18)19-11-5-4-8-17(19)16-30-27/h1-16H. The molecule has 3 heterocycles. The molecule has 0 unspecified atom stereocenters. The molecular weight excluding hydrogens is 413 g/mol. The fraction of sp³-hybridized carbons (Fsp3) is 0. The number of para-hydroxylation sites is 2. The zero-order valence-electron chi connectivity index (χ0n) is 17.4. The van der Waals surface area contributed by atoms with E-state index in [9.17, 15) is 4.39 Å². The van der Waals surface area contributed by atoms with Crippen LogP contribution >= 0.6 is 0 Å². The zero-order valence-corrected chi connectivity index (χ0v) is 17.4. The maximum atomic E-state index is 15.0. The van der Waals surface area contributed by atoms with Gasteiger partial charge < -0.3 is 4.42 Å². The van der Waals surface area contributed by atoms with Crippen LogP contribution in [0.1, 0.15) is 0 Å². The second-order valence-electron chi connectivity index (χ2n) is 8.02. The van der Waals surface area contributed by atoms with Gasteiger partial charge in [0.15, 0.2) is 11.5 Å². The van der Waals surface area contributed by atoms with Crippen LogP contribution in [0.15, 0.2) is 102 Å². The summed E-state index contributed by atoms with van der Waals surface area (Å²) >= 11 is 0. The third-order valence-electron chi connectivity index (χ3n) is 6.13. The molecule has 0 fully saturated rings. The lowest BCUT2D eigenvalue weighted by Crippen LogP contribution is -1.98. The van der Waals surface area contributed by atoms with E-state index in [1.807, 2.05) is 79.0 Å². The van der Waals surface area contributed by atoms with Crippen molar-refractivity contribution in [3.8, 4) is 17.1 Å². The van der Waals surface area contributed by atoms with Crippen LogP contribution in [0, 0.1) is 5.82 Å². The van der Waals surface area contributed by atoms with Crippen molar-refractivity contribution in [2.24, 2.45) is 0 Å². The monoisotopic (exact) mass is 429 g/mol. The van der Waals surface area contributed by atoms with Crippen molar-refractivity contribution in [1.29, 1.82) is 0 Å². The van der Waals surface area contributed by atoms with Gasteiger partial charge in [-0.2, -0.15) is 0 Å². The lowest BCUT2D eigenvalue weighted by molar-refractivity contribution is 0.634. The van der Waals surface area contributed by atoms with Gasteiger partial charge in [0.25, 0.3) is 0 Å². The Morgan fingerprint density at radius 2 is 1.52 bits per heavy atom. The molecule has 5 heteroatoms. The number of benzene rings is 4. The molecule has 0 spiro atoms. The molecule has 0 amide bonds. The highest BCUT2D eigenvalue weighted by molar-refractivity contribution is 6.11.